The smallest absolute Gasteiger partial charge is 0.306 e. The fourth-order valence-electron chi connectivity index (χ4n) is 7.28. The second-order valence-electron chi connectivity index (χ2n) is 16.5. The second-order valence-corrected chi connectivity index (χ2v) is 16.5. The molecule has 0 rings (SSSR count). The zero-order valence-electron chi connectivity index (χ0n) is 37.0. The lowest BCUT2D eigenvalue weighted by atomic mass is 10.0. The molecule has 55 heavy (non-hydrogen) atoms. The average Bonchev–Trinajstić information content (AvgIpc) is 3.19. The first-order valence-electron chi connectivity index (χ1n) is 24.4. The average molecular weight is 775 g/mol. The number of hydrogen-bond acceptors (Lipinski definition) is 5. The van der Waals surface area contributed by atoms with Crippen molar-refractivity contribution in [2.45, 2.75) is 270 Å². The lowest BCUT2D eigenvalue weighted by molar-refractivity contribution is -0.161. The molecule has 0 radical (unpaired) electrons. The van der Waals surface area contributed by atoms with Gasteiger partial charge in [0.05, 0.1) is 6.61 Å². The zero-order valence-corrected chi connectivity index (χ0v) is 37.0. The summed E-state index contributed by atoms with van der Waals surface area (Å²) in [6, 6.07) is 0. The Morgan fingerprint density at radius 1 is 0.418 bits per heavy atom. The van der Waals surface area contributed by atoms with E-state index in [1.807, 2.05) is 0 Å². The van der Waals surface area contributed by atoms with Gasteiger partial charge in [-0.15, -0.1) is 0 Å². The molecule has 1 N–H and O–H groups in total. The molecule has 0 aliphatic rings. The van der Waals surface area contributed by atoms with Crippen LogP contribution in [0.5, 0.6) is 0 Å². The molecule has 0 heterocycles. The fraction of sp³-hybridized carbons (Fsp3) is 0.880. The highest BCUT2D eigenvalue weighted by atomic mass is 16.6. The minimum absolute atomic E-state index is 0.0668. The molecule has 0 saturated carbocycles. The minimum atomic E-state index is -0.775. The summed E-state index contributed by atoms with van der Waals surface area (Å²) in [5, 5.41) is 9.59. The van der Waals surface area contributed by atoms with E-state index in [0.29, 0.717) is 12.8 Å². The summed E-state index contributed by atoms with van der Waals surface area (Å²) in [6.07, 6.45) is 57.1. The van der Waals surface area contributed by atoms with Crippen molar-refractivity contribution in [2.75, 3.05) is 13.2 Å². The van der Waals surface area contributed by atoms with Crippen LogP contribution in [-0.2, 0) is 19.1 Å². The van der Waals surface area contributed by atoms with Gasteiger partial charge in [-0.1, -0.05) is 237 Å². The van der Waals surface area contributed by atoms with Gasteiger partial charge in [-0.2, -0.15) is 0 Å². The Bertz CT molecular complexity index is 836. The summed E-state index contributed by atoms with van der Waals surface area (Å²) in [5.41, 5.74) is 0. The first kappa shape index (κ1) is 53.4. The van der Waals surface area contributed by atoms with Crippen LogP contribution in [0.3, 0.4) is 0 Å². The summed E-state index contributed by atoms with van der Waals surface area (Å²) in [4.78, 5) is 24.3. The molecule has 0 aromatic heterocycles. The monoisotopic (exact) mass is 775 g/mol. The summed E-state index contributed by atoms with van der Waals surface area (Å²) < 4.78 is 10.6. The molecule has 0 spiro atoms. The number of esters is 2. The van der Waals surface area contributed by atoms with Gasteiger partial charge in [-0.25, -0.2) is 0 Å². The lowest BCUT2D eigenvalue weighted by Crippen LogP contribution is -2.28. The molecule has 0 fully saturated rings. The maximum absolute atomic E-state index is 12.2. The van der Waals surface area contributed by atoms with Crippen LogP contribution in [-0.4, -0.2) is 36.4 Å². The van der Waals surface area contributed by atoms with Crippen molar-refractivity contribution >= 4 is 11.9 Å². The molecule has 0 aliphatic heterocycles. The number of carbonyl (C=O) groups excluding carboxylic acids is 2. The van der Waals surface area contributed by atoms with E-state index in [0.717, 1.165) is 51.4 Å². The first-order valence-corrected chi connectivity index (χ1v) is 24.4. The molecule has 1 atom stereocenters. The molecule has 5 nitrogen and oxygen atoms in total. The number of aliphatic hydroxyl groups is 1. The summed E-state index contributed by atoms with van der Waals surface area (Å²) in [6.45, 7) is 4.12. The van der Waals surface area contributed by atoms with Crippen LogP contribution >= 0.6 is 0 Å². The van der Waals surface area contributed by atoms with Gasteiger partial charge in [0.15, 0.2) is 6.10 Å². The van der Waals surface area contributed by atoms with Gasteiger partial charge in [0.1, 0.15) is 6.61 Å². The molecule has 0 aromatic carbocycles. The van der Waals surface area contributed by atoms with Gasteiger partial charge in [0.2, 0.25) is 0 Å². The number of hydrogen-bond donors (Lipinski definition) is 1. The zero-order chi connectivity index (χ0) is 40.0. The third-order valence-electron chi connectivity index (χ3n) is 11.0. The molecule has 0 saturated heterocycles. The van der Waals surface area contributed by atoms with Crippen molar-refractivity contribution in [2.24, 2.45) is 0 Å². The summed E-state index contributed by atoms with van der Waals surface area (Å²) in [7, 11) is 0. The molecule has 0 aliphatic carbocycles. The van der Waals surface area contributed by atoms with Gasteiger partial charge in [-0.3, -0.25) is 9.59 Å². The number of rotatable bonds is 45. The normalized spacial score (nSPS) is 12.3. The Kier molecular flexibility index (Phi) is 45.4. The lowest BCUT2D eigenvalue weighted by Gasteiger charge is -2.15. The van der Waals surface area contributed by atoms with Gasteiger partial charge in [0, 0.05) is 12.8 Å². The number of aliphatic hydroxyl groups excluding tert-OH is 1. The van der Waals surface area contributed by atoms with Crippen LogP contribution in [0.2, 0.25) is 0 Å². The topological polar surface area (TPSA) is 72.8 Å². The van der Waals surface area contributed by atoms with E-state index >= 15 is 0 Å². The quantitative estimate of drug-likeness (QED) is 0.0379. The Balaban J connectivity index is 3.42. The first-order chi connectivity index (χ1) is 27.1. The highest BCUT2D eigenvalue weighted by Gasteiger charge is 2.16. The summed E-state index contributed by atoms with van der Waals surface area (Å²) >= 11 is 0. The van der Waals surface area contributed by atoms with Crippen LogP contribution in [0, 0.1) is 0 Å². The van der Waals surface area contributed by atoms with E-state index in [4.69, 9.17) is 9.47 Å². The minimum Gasteiger partial charge on any atom is -0.462 e. The Labute approximate surface area is 343 Å². The SMILES string of the molecule is CCCC/C=C\C/C=C\CCCCCCCC(=O)OC(CO)COC(=O)CCCCCCCCCCCCCCCCCCCCCCCCCCCCC. The van der Waals surface area contributed by atoms with E-state index in [9.17, 15) is 14.7 Å². The third kappa shape index (κ3) is 45.0. The Morgan fingerprint density at radius 2 is 0.745 bits per heavy atom. The van der Waals surface area contributed by atoms with Gasteiger partial charge >= 0.3 is 11.9 Å². The van der Waals surface area contributed by atoms with E-state index in [-0.39, 0.29) is 25.2 Å². The number of carbonyl (C=O) groups is 2. The maximum Gasteiger partial charge on any atom is 0.306 e. The maximum atomic E-state index is 12.2. The molecule has 0 aromatic rings. The Hall–Kier alpha value is -1.62. The van der Waals surface area contributed by atoms with Crippen molar-refractivity contribution in [3.05, 3.63) is 24.3 Å². The van der Waals surface area contributed by atoms with Gasteiger partial charge in [0.25, 0.3) is 0 Å². The number of ether oxygens (including phenoxy) is 2. The standard InChI is InChI=1S/C50H94O5/c1-3-5-7-9-11-13-15-17-19-20-21-22-23-24-25-26-27-28-29-30-31-33-34-36-38-40-42-44-49(52)54-47-48(46-51)55-50(53)45-43-41-39-37-35-32-18-16-14-12-10-8-6-4-2/h10,12,16,18,48,51H,3-9,11,13-15,17,19-47H2,1-2H3/b12-10-,18-16-. The van der Waals surface area contributed by atoms with Crippen molar-refractivity contribution in [1.82, 2.24) is 0 Å². The van der Waals surface area contributed by atoms with Crippen LogP contribution in [0.1, 0.15) is 264 Å². The van der Waals surface area contributed by atoms with E-state index in [1.165, 1.54) is 186 Å². The van der Waals surface area contributed by atoms with E-state index < -0.39 is 6.10 Å². The number of allylic oxidation sites excluding steroid dienone is 4. The highest BCUT2D eigenvalue weighted by Crippen LogP contribution is 2.17. The molecule has 5 heteroatoms. The molecule has 1 unspecified atom stereocenters. The molecule has 0 amide bonds. The predicted molar refractivity (Wildman–Crippen MR) is 238 cm³/mol. The van der Waals surface area contributed by atoms with Crippen LogP contribution in [0.25, 0.3) is 0 Å². The highest BCUT2D eigenvalue weighted by molar-refractivity contribution is 5.70. The van der Waals surface area contributed by atoms with E-state index in [1.54, 1.807) is 0 Å². The van der Waals surface area contributed by atoms with Crippen LogP contribution in [0.4, 0.5) is 0 Å². The Morgan fingerprint density at radius 3 is 1.13 bits per heavy atom. The van der Waals surface area contributed by atoms with Crippen molar-refractivity contribution in [3.63, 3.8) is 0 Å². The van der Waals surface area contributed by atoms with Crippen molar-refractivity contribution < 1.29 is 24.2 Å². The van der Waals surface area contributed by atoms with Gasteiger partial charge in [-0.05, 0) is 38.5 Å². The molecule has 0 bridgehead atoms. The predicted octanol–water partition coefficient (Wildman–Crippen LogP) is 15.8. The molecular formula is C50H94O5. The molecule has 324 valence electrons. The number of unbranched alkanes of at least 4 members (excludes halogenated alkanes) is 33. The third-order valence-corrected chi connectivity index (χ3v) is 11.0. The van der Waals surface area contributed by atoms with Crippen molar-refractivity contribution in [1.29, 1.82) is 0 Å². The second kappa shape index (κ2) is 46.8. The van der Waals surface area contributed by atoms with E-state index in [2.05, 4.69) is 38.2 Å². The van der Waals surface area contributed by atoms with Crippen molar-refractivity contribution in [3.8, 4) is 0 Å². The van der Waals surface area contributed by atoms with Crippen LogP contribution in [0.15, 0.2) is 24.3 Å². The largest absolute Gasteiger partial charge is 0.462 e. The van der Waals surface area contributed by atoms with Gasteiger partial charge < -0.3 is 14.6 Å². The van der Waals surface area contributed by atoms with Crippen LogP contribution < -0.4 is 0 Å². The fourth-order valence-corrected chi connectivity index (χ4v) is 7.28. The molecular weight excluding hydrogens is 681 g/mol. The summed E-state index contributed by atoms with van der Waals surface area (Å²) in [5.74, 6) is -0.594.